The molecule has 0 saturated heterocycles. The SMILES string of the molecule is C[Si](C)(C)c1cnc(-c2cccc(Br)c2)cc1-c1ccccc1.C[Si](C)(C)c1cnc(Br)cc1-c1ccccc1.OB(O)c1cccc(Br)c1.[Pd].c1ccc(P(c2ccccc2)c2ccccc2)cc1.c1ccc(P(c2ccccc2)c2ccccc2)cc1.c1ccc(P(c2ccccc2)c2ccccc2)cc1.c1ccc(P(c2ccccc2)c2ccccc2)cc1. The molecule has 127 heavy (non-hydrogen) atoms. The van der Waals surface area contributed by atoms with E-state index in [1.807, 2.05) is 24.4 Å². The molecule has 2 aromatic heterocycles. The molecule has 0 fully saturated rings. The van der Waals surface area contributed by atoms with Crippen LogP contribution in [0.25, 0.3) is 33.5 Å². The van der Waals surface area contributed by atoms with E-state index < -0.39 is 55.0 Å². The van der Waals surface area contributed by atoms with Crippen LogP contribution in [0.3, 0.4) is 0 Å². The minimum absolute atomic E-state index is 0. The quantitative estimate of drug-likeness (QED) is 0.0510. The van der Waals surface area contributed by atoms with Crippen LogP contribution in [0.5, 0.6) is 0 Å². The Morgan fingerprint density at radius 2 is 0.433 bits per heavy atom. The van der Waals surface area contributed by atoms with Crippen LogP contribution < -0.4 is 79.5 Å². The maximum atomic E-state index is 8.68. The third kappa shape index (κ3) is 30.1. The summed E-state index contributed by atoms with van der Waals surface area (Å²) in [6.07, 6.45) is 4.11. The summed E-state index contributed by atoms with van der Waals surface area (Å²) in [5, 5.41) is 37.0. The summed E-state index contributed by atoms with van der Waals surface area (Å²) in [6, 6.07) is 170. The van der Waals surface area contributed by atoms with E-state index in [0.717, 1.165) is 24.8 Å². The Hall–Kier alpha value is -9.94. The second kappa shape index (κ2) is 51.3. The van der Waals surface area contributed by atoms with Gasteiger partial charge in [0.25, 0.3) is 0 Å². The van der Waals surface area contributed by atoms with Gasteiger partial charge in [0.1, 0.15) is 4.60 Å². The van der Waals surface area contributed by atoms with Gasteiger partial charge in [0.05, 0.1) is 21.8 Å². The van der Waals surface area contributed by atoms with Crippen molar-refractivity contribution in [1.29, 1.82) is 0 Å². The van der Waals surface area contributed by atoms with Gasteiger partial charge in [0, 0.05) is 47.3 Å². The summed E-state index contributed by atoms with van der Waals surface area (Å²) in [6.45, 7) is 14.2. The van der Waals surface area contributed by atoms with Crippen LogP contribution in [-0.2, 0) is 20.4 Å². The molecule has 18 aromatic rings. The standard InChI is InChI=1S/C20H20BrNSi.4C18H15P.C14H16BrNSi.C6H6BBrO2.Pd/c1-23(2,3)20-14-22-19(16-10-7-11-17(21)12-16)13-18(20)15-8-5-4-6-9-15;4*1-4-10-16(11-5-1)19(17-12-6-2-7-13-17)18-14-8-3-9-15-18;1-17(2,3)13-10-16-14(15)9-12(13)11-7-5-4-6-8-11;8-6-3-1-2-5(4-6)7(9)10;/h4-14H,1-3H3;4*1-15H;4-10H,1-3H3;1-4,9-10H;. The number of benzene rings is 16. The van der Waals surface area contributed by atoms with E-state index >= 15 is 0 Å². The van der Waals surface area contributed by atoms with E-state index in [9.17, 15) is 0 Å². The van der Waals surface area contributed by atoms with Crippen molar-refractivity contribution in [2.75, 3.05) is 0 Å². The van der Waals surface area contributed by atoms with Crippen molar-refractivity contribution in [1.82, 2.24) is 9.97 Å². The Kier molecular flexibility index (Phi) is 39.5. The number of aromatic nitrogens is 2. The molecular weight excluding hydrogens is 1940 g/mol. The topological polar surface area (TPSA) is 66.2 Å². The number of hydrogen-bond acceptors (Lipinski definition) is 4. The van der Waals surface area contributed by atoms with Gasteiger partial charge in [0.15, 0.2) is 0 Å². The Morgan fingerprint density at radius 1 is 0.228 bits per heavy atom. The fraction of sp³-hybridized carbons (Fsp3) is 0.0536. The summed E-state index contributed by atoms with van der Waals surface area (Å²) >= 11 is 10.2. The summed E-state index contributed by atoms with van der Waals surface area (Å²) in [7, 11) is -6.00. The van der Waals surface area contributed by atoms with Gasteiger partial charge in [-0.3, -0.25) is 4.98 Å². The number of rotatable bonds is 18. The summed E-state index contributed by atoms with van der Waals surface area (Å²) < 4.78 is 2.82. The molecule has 2 heterocycles. The molecule has 16 aromatic carbocycles. The van der Waals surface area contributed by atoms with Crippen molar-refractivity contribution in [3.05, 3.63) is 511 Å². The molecule has 0 amide bonds. The molecular formula is C112H102BBr3N2O2P4PdSi2. The van der Waals surface area contributed by atoms with Crippen molar-refractivity contribution in [3.8, 4) is 33.5 Å². The summed E-state index contributed by atoms with van der Waals surface area (Å²) in [5.74, 6) is 0. The van der Waals surface area contributed by atoms with Crippen molar-refractivity contribution in [2.24, 2.45) is 0 Å². The van der Waals surface area contributed by atoms with Crippen LogP contribution in [0.1, 0.15) is 0 Å². The first-order chi connectivity index (χ1) is 61.4. The summed E-state index contributed by atoms with van der Waals surface area (Å²) in [5.41, 5.74) is 7.82. The van der Waals surface area contributed by atoms with E-state index in [-0.39, 0.29) is 20.4 Å². The normalized spacial score (nSPS) is 10.7. The van der Waals surface area contributed by atoms with Crippen LogP contribution >= 0.6 is 79.5 Å². The number of halogens is 3. The molecule has 0 bridgehead atoms. The first-order valence-corrected chi connectivity index (χ1v) is 56.6. The Bertz CT molecular complexity index is 5330. The molecule has 0 spiro atoms. The molecule has 0 aliphatic rings. The number of hydrogen-bond donors (Lipinski definition) is 2. The predicted octanol–water partition coefficient (Wildman–Crippen LogP) is 23.7. The monoisotopic (exact) mass is 2040 g/mol. The smallest absolute Gasteiger partial charge is 0.423 e. The van der Waals surface area contributed by atoms with Crippen LogP contribution in [0.15, 0.2) is 511 Å². The molecule has 0 unspecified atom stereocenters. The zero-order chi connectivity index (χ0) is 88.1. The molecule has 2 N–H and O–H groups in total. The van der Waals surface area contributed by atoms with Crippen molar-refractivity contribution in [2.45, 2.75) is 39.3 Å². The maximum absolute atomic E-state index is 8.68. The molecule has 0 aliphatic carbocycles. The van der Waals surface area contributed by atoms with E-state index in [2.05, 4.69) is 547 Å². The zero-order valence-electron chi connectivity index (χ0n) is 71.9. The van der Waals surface area contributed by atoms with E-state index in [4.69, 9.17) is 15.0 Å². The van der Waals surface area contributed by atoms with Gasteiger partial charge >= 0.3 is 7.12 Å². The number of nitrogens with zero attached hydrogens (tertiary/aromatic N) is 2. The fourth-order valence-electron chi connectivity index (χ4n) is 14.0. The minimum atomic E-state index is -1.47. The minimum Gasteiger partial charge on any atom is -0.423 e. The Labute approximate surface area is 799 Å². The van der Waals surface area contributed by atoms with E-state index in [1.165, 1.54) is 96.3 Å². The second-order valence-corrected chi connectivity index (χ2v) is 52.8. The first-order valence-electron chi connectivity index (χ1n) is 41.9. The molecule has 634 valence electrons. The van der Waals surface area contributed by atoms with Gasteiger partial charge in [-0.15, -0.1) is 0 Å². The van der Waals surface area contributed by atoms with Gasteiger partial charge in [-0.1, -0.05) is 520 Å². The first kappa shape index (κ1) is 97.7. The molecule has 18 rings (SSSR count). The zero-order valence-corrected chi connectivity index (χ0v) is 83.8. The van der Waals surface area contributed by atoms with Crippen LogP contribution in [0.2, 0.25) is 39.3 Å². The predicted molar refractivity (Wildman–Crippen MR) is 571 cm³/mol. The van der Waals surface area contributed by atoms with Gasteiger partial charge in [0.2, 0.25) is 0 Å². The Balaban J connectivity index is 0.000000145. The molecule has 15 heteroatoms. The number of pyridine rings is 2. The maximum Gasteiger partial charge on any atom is 0.488 e. The molecule has 0 aliphatic heterocycles. The van der Waals surface area contributed by atoms with Crippen LogP contribution in [0, 0.1) is 0 Å². The Morgan fingerprint density at radius 3 is 0.646 bits per heavy atom. The molecule has 0 saturated carbocycles. The third-order valence-electron chi connectivity index (χ3n) is 20.0. The molecule has 4 nitrogen and oxygen atoms in total. The van der Waals surface area contributed by atoms with Gasteiger partial charge < -0.3 is 10.0 Å². The average Bonchev–Trinajstić information content (AvgIpc) is 0.790. The van der Waals surface area contributed by atoms with Crippen molar-refractivity contribution < 1.29 is 30.5 Å². The second-order valence-electron chi connectivity index (χ2n) is 31.2. The molecule has 0 radical (unpaired) electrons. The van der Waals surface area contributed by atoms with Crippen LogP contribution in [-0.4, -0.2) is 43.3 Å². The van der Waals surface area contributed by atoms with E-state index in [1.54, 1.807) is 18.2 Å². The van der Waals surface area contributed by atoms with Crippen molar-refractivity contribution >= 4 is 182 Å². The molecule has 0 atom stereocenters. The van der Waals surface area contributed by atoms with Gasteiger partial charge in [-0.2, -0.15) is 0 Å². The average molecular weight is 2050 g/mol. The van der Waals surface area contributed by atoms with E-state index in [0.29, 0.717) is 5.46 Å². The van der Waals surface area contributed by atoms with Crippen LogP contribution in [0.4, 0.5) is 0 Å². The van der Waals surface area contributed by atoms with Gasteiger partial charge in [-0.25, -0.2) is 4.98 Å². The third-order valence-corrected chi connectivity index (χ3v) is 35.2. The largest absolute Gasteiger partial charge is 0.488 e. The van der Waals surface area contributed by atoms with Gasteiger partial charge in [-0.05, 0) is 186 Å². The summed E-state index contributed by atoms with van der Waals surface area (Å²) in [4.78, 5) is 9.14. The van der Waals surface area contributed by atoms with Crippen molar-refractivity contribution in [3.63, 3.8) is 0 Å². The fourth-order valence-corrected chi connectivity index (χ4v) is 27.3.